The van der Waals surface area contributed by atoms with E-state index in [0.717, 1.165) is 12.0 Å². The van der Waals surface area contributed by atoms with Crippen molar-refractivity contribution in [3.63, 3.8) is 0 Å². The summed E-state index contributed by atoms with van der Waals surface area (Å²) >= 11 is 0. The van der Waals surface area contributed by atoms with Gasteiger partial charge in [-0.15, -0.1) is 0 Å². The summed E-state index contributed by atoms with van der Waals surface area (Å²) in [6.07, 6.45) is 7.46. The van der Waals surface area contributed by atoms with Crippen LogP contribution in [-0.4, -0.2) is 0 Å². The molecule has 17 heavy (non-hydrogen) atoms. The van der Waals surface area contributed by atoms with Crippen LogP contribution in [0, 0.1) is 29.1 Å². The van der Waals surface area contributed by atoms with Crippen LogP contribution >= 0.6 is 0 Å². The lowest BCUT2D eigenvalue weighted by atomic mass is 9.97. The van der Waals surface area contributed by atoms with Crippen LogP contribution in [0.1, 0.15) is 24.5 Å². The fourth-order valence-corrected chi connectivity index (χ4v) is 1.64. The highest BCUT2D eigenvalue weighted by atomic mass is 14.2. The van der Waals surface area contributed by atoms with Crippen LogP contribution in [0.3, 0.4) is 0 Å². The number of hydrogen-bond acceptors (Lipinski definition) is 1. The molecule has 0 saturated carbocycles. The van der Waals surface area contributed by atoms with Crippen molar-refractivity contribution < 1.29 is 0 Å². The average molecular weight is 219 g/mol. The Balaban J connectivity index is 2.07. The Bertz CT molecular complexity index is 556. The SMILES string of the molecule is CC1=CCC(C#Cc2ccc(C#N)cc2)C=C1. The Kier molecular flexibility index (Phi) is 3.43. The molecular formula is C16H13N. The van der Waals surface area contributed by atoms with Gasteiger partial charge in [-0.1, -0.05) is 35.6 Å². The van der Waals surface area contributed by atoms with E-state index in [1.807, 2.05) is 12.1 Å². The van der Waals surface area contributed by atoms with Crippen LogP contribution < -0.4 is 0 Å². The Labute approximate surface area is 102 Å². The molecule has 2 rings (SSSR count). The summed E-state index contributed by atoms with van der Waals surface area (Å²) in [6, 6.07) is 9.47. The molecule has 1 aromatic carbocycles. The first kappa shape index (κ1) is 11.2. The van der Waals surface area contributed by atoms with Gasteiger partial charge >= 0.3 is 0 Å². The summed E-state index contributed by atoms with van der Waals surface area (Å²) in [5, 5.41) is 8.69. The summed E-state index contributed by atoms with van der Waals surface area (Å²) in [7, 11) is 0. The average Bonchev–Trinajstić information content (AvgIpc) is 2.39. The molecule has 1 atom stereocenters. The zero-order valence-electron chi connectivity index (χ0n) is 9.77. The van der Waals surface area contributed by atoms with Crippen molar-refractivity contribution in [1.29, 1.82) is 5.26 Å². The molecule has 0 heterocycles. The van der Waals surface area contributed by atoms with Gasteiger partial charge in [-0.2, -0.15) is 5.26 Å². The number of benzene rings is 1. The molecule has 1 aromatic rings. The highest BCUT2D eigenvalue weighted by Crippen LogP contribution is 2.15. The summed E-state index contributed by atoms with van der Waals surface area (Å²) in [4.78, 5) is 0. The molecule has 1 aliphatic rings. The van der Waals surface area contributed by atoms with Crippen molar-refractivity contribution in [3.8, 4) is 17.9 Å². The summed E-state index contributed by atoms with van der Waals surface area (Å²) in [6.45, 7) is 2.10. The molecule has 1 aliphatic carbocycles. The Hall–Kier alpha value is -2.25. The van der Waals surface area contributed by atoms with Crippen molar-refractivity contribution in [2.75, 3.05) is 0 Å². The maximum absolute atomic E-state index is 8.69. The van der Waals surface area contributed by atoms with Crippen LogP contribution in [0.15, 0.2) is 48.1 Å². The van der Waals surface area contributed by atoms with Gasteiger partial charge in [0, 0.05) is 11.5 Å². The second kappa shape index (κ2) is 5.19. The predicted octanol–water partition coefficient (Wildman–Crippen LogP) is 3.43. The minimum Gasteiger partial charge on any atom is -0.192 e. The molecule has 0 saturated heterocycles. The molecule has 82 valence electrons. The second-order valence-electron chi connectivity index (χ2n) is 4.11. The lowest BCUT2D eigenvalue weighted by molar-refractivity contribution is 0.843. The summed E-state index contributed by atoms with van der Waals surface area (Å²) in [5.74, 6) is 6.69. The van der Waals surface area contributed by atoms with E-state index < -0.39 is 0 Å². The van der Waals surface area contributed by atoms with E-state index in [1.165, 1.54) is 5.57 Å². The lowest BCUT2D eigenvalue weighted by Crippen LogP contribution is -1.95. The lowest BCUT2D eigenvalue weighted by Gasteiger charge is -2.07. The fraction of sp³-hybridized carbons (Fsp3) is 0.188. The molecule has 1 unspecified atom stereocenters. The predicted molar refractivity (Wildman–Crippen MR) is 69.0 cm³/mol. The van der Waals surface area contributed by atoms with Crippen LogP contribution in [0.5, 0.6) is 0 Å². The summed E-state index contributed by atoms with van der Waals surface area (Å²) < 4.78 is 0. The van der Waals surface area contributed by atoms with E-state index in [9.17, 15) is 0 Å². The van der Waals surface area contributed by atoms with Crippen molar-refractivity contribution in [1.82, 2.24) is 0 Å². The fourth-order valence-electron chi connectivity index (χ4n) is 1.64. The largest absolute Gasteiger partial charge is 0.192 e. The molecule has 0 aliphatic heterocycles. The van der Waals surface area contributed by atoms with E-state index in [0.29, 0.717) is 11.5 Å². The van der Waals surface area contributed by atoms with Crippen LogP contribution in [-0.2, 0) is 0 Å². The Morgan fingerprint density at radius 3 is 2.47 bits per heavy atom. The van der Waals surface area contributed by atoms with Gasteiger partial charge in [-0.05, 0) is 37.6 Å². The van der Waals surface area contributed by atoms with Gasteiger partial charge in [0.25, 0.3) is 0 Å². The summed E-state index contributed by atoms with van der Waals surface area (Å²) in [5.41, 5.74) is 2.94. The van der Waals surface area contributed by atoms with E-state index in [1.54, 1.807) is 12.1 Å². The molecule has 1 nitrogen and oxygen atoms in total. The molecule has 0 N–H and O–H groups in total. The third kappa shape index (κ3) is 3.10. The number of rotatable bonds is 0. The molecule has 0 aromatic heterocycles. The molecule has 0 spiro atoms. The zero-order valence-corrected chi connectivity index (χ0v) is 9.77. The van der Waals surface area contributed by atoms with Crippen molar-refractivity contribution >= 4 is 0 Å². The van der Waals surface area contributed by atoms with Gasteiger partial charge < -0.3 is 0 Å². The molecule has 1 heteroatoms. The quantitative estimate of drug-likeness (QED) is 0.613. The zero-order chi connectivity index (χ0) is 12.1. The molecule has 0 bridgehead atoms. The van der Waals surface area contributed by atoms with Gasteiger partial charge in [0.1, 0.15) is 0 Å². The Morgan fingerprint density at radius 2 is 1.88 bits per heavy atom. The third-order valence-corrected chi connectivity index (χ3v) is 2.70. The number of hydrogen-bond donors (Lipinski definition) is 0. The standard InChI is InChI=1S/C16H13N/c1-13-2-4-14(5-3-13)6-7-15-8-10-16(12-17)11-9-15/h2-4,8-11,14H,5H2,1H3. The maximum atomic E-state index is 8.69. The number of nitrogens with zero attached hydrogens (tertiary/aromatic N) is 1. The van der Waals surface area contributed by atoms with Gasteiger partial charge in [0.05, 0.1) is 11.6 Å². The highest BCUT2D eigenvalue weighted by Gasteiger charge is 2.02. The molecule has 0 amide bonds. The third-order valence-electron chi connectivity index (χ3n) is 2.70. The first-order valence-corrected chi connectivity index (χ1v) is 5.64. The van der Waals surface area contributed by atoms with Gasteiger partial charge in [-0.25, -0.2) is 0 Å². The first-order chi connectivity index (χ1) is 8.28. The van der Waals surface area contributed by atoms with E-state index in [-0.39, 0.29) is 0 Å². The topological polar surface area (TPSA) is 23.8 Å². The van der Waals surface area contributed by atoms with Gasteiger partial charge in [-0.3, -0.25) is 0 Å². The monoisotopic (exact) mass is 219 g/mol. The minimum atomic E-state index is 0.314. The van der Waals surface area contributed by atoms with Gasteiger partial charge in [0.15, 0.2) is 0 Å². The van der Waals surface area contributed by atoms with Gasteiger partial charge in [0.2, 0.25) is 0 Å². The normalized spacial score (nSPS) is 17.6. The highest BCUT2D eigenvalue weighted by molar-refractivity contribution is 5.41. The van der Waals surface area contributed by atoms with Crippen molar-refractivity contribution in [2.24, 2.45) is 5.92 Å². The first-order valence-electron chi connectivity index (χ1n) is 5.64. The second-order valence-corrected chi connectivity index (χ2v) is 4.11. The van der Waals surface area contributed by atoms with Crippen molar-refractivity contribution in [2.45, 2.75) is 13.3 Å². The van der Waals surface area contributed by atoms with E-state index in [2.05, 4.69) is 43.1 Å². The van der Waals surface area contributed by atoms with Crippen LogP contribution in [0.4, 0.5) is 0 Å². The minimum absolute atomic E-state index is 0.314. The number of allylic oxidation sites excluding steroid dienone is 4. The van der Waals surface area contributed by atoms with E-state index in [4.69, 9.17) is 5.26 Å². The molecular weight excluding hydrogens is 206 g/mol. The Morgan fingerprint density at radius 1 is 1.18 bits per heavy atom. The number of nitriles is 1. The molecule has 0 radical (unpaired) electrons. The van der Waals surface area contributed by atoms with Crippen LogP contribution in [0.2, 0.25) is 0 Å². The maximum Gasteiger partial charge on any atom is 0.0991 e. The van der Waals surface area contributed by atoms with E-state index >= 15 is 0 Å². The van der Waals surface area contributed by atoms with Crippen molar-refractivity contribution in [3.05, 3.63) is 59.2 Å². The van der Waals surface area contributed by atoms with Crippen LogP contribution in [0.25, 0.3) is 0 Å². The smallest absolute Gasteiger partial charge is 0.0991 e. The molecule has 0 fully saturated rings.